The Morgan fingerprint density at radius 3 is 2.43 bits per heavy atom. The summed E-state index contributed by atoms with van der Waals surface area (Å²) >= 11 is 0. The van der Waals surface area contributed by atoms with E-state index in [1.165, 1.54) is 0 Å². The largest absolute Gasteiger partial charge is 0.353 e. The molecule has 1 amide bonds. The number of fused-ring (bicyclic) bond motifs is 1. The van der Waals surface area contributed by atoms with Crippen molar-refractivity contribution in [2.75, 3.05) is 27.2 Å². The lowest BCUT2D eigenvalue weighted by Crippen LogP contribution is -2.33. The lowest BCUT2D eigenvalue weighted by atomic mass is 10.0. The molecule has 0 aliphatic carbocycles. The summed E-state index contributed by atoms with van der Waals surface area (Å²) in [5, 5.41) is 7.77. The van der Waals surface area contributed by atoms with Gasteiger partial charge in [0.2, 0.25) is 5.91 Å². The van der Waals surface area contributed by atoms with Crippen molar-refractivity contribution in [1.29, 1.82) is 0 Å². The molecule has 0 spiro atoms. The number of aryl methyl sites for hydroxylation is 3. The molecule has 0 radical (unpaired) electrons. The van der Waals surface area contributed by atoms with Gasteiger partial charge in [-0.05, 0) is 58.6 Å². The van der Waals surface area contributed by atoms with Gasteiger partial charge in [0.25, 0.3) is 0 Å². The van der Waals surface area contributed by atoms with Crippen LogP contribution >= 0.6 is 0 Å². The molecular weight excluding hydrogens is 440 g/mol. The second-order valence-electron chi connectivity index (χ2n) is 9.09. The smallest absolute Gasteiger partial charge is 0.329 e. The van der Waals surface area contributed by atoms with Crippen LogP contribution in [-0.2, 0) is 24.4 Å². The van der Waals surface area contributed by atoms with Crippen LogP contribution < -0.4 is 11.0 Å². The standard InChI is InChI=1S/C27H34N6O2/c1-6-32-23-12-11-20(16-24(23)33(7-2)27(32)35)22-17-31(18-25(34)28-13-14-30(4)5)29-26(22)21-10-8-9-19(3)15-21/h8-12,15-17H,6-7,13-14,18H2,1-5H3,(H,28,34). The predicted octanol–water partition coefficient (Wildman–Crippen LogP) is 3.36. The maximum absolute atomic E-state index is 12.8. The number of hydrogen-bond acceptors (Lipinski definition) is 4. The third-order valence-corrected chi connectivity index (χ3v) is 6.20. The van der Waals surface area contributed by atoms with Crippen LogP contribution in [0.15, 0.2) is 53.5 Å². The number of nitrogens with one attached hydrogen (secondary N) is 1. The predicted molar refractivity (Wildman–Crippen MR) is 141 cm³/mol. The highest BCUT2D eigenvalue weighted by molar-refractivity contribution is 5.88. The Morgan fingerprint density at radius 2 is 1.74 bits per heavy atom. The Bertz CT molecular complexity index is 1410. The van der Waals surface area contributed by atoms with Crippen molar-refractivity contribution >= 4 is 16.9 Å². The summed E-state index contributed by atoms with van der Waals surface area (Å²) in [7, 11) is 3.95. The number of carbonyl (C=O) groups excluding carboxylic acids is 1. The fourth-order valence-corrected chi connectivity index (χ4v) is 4.44. The molecule has 1 N–H and O–H groups in total. The zero-order valence-corrected chi connectivity index (χ0v) is 21.2. The minimum Gasteiger partial charge on any atom is -0.353 e. The van der Waals surface area contributed by atoms with Gasteiger partial charge in [-0.3, -0.25) is 18.6 Å². The number of nitrogens with zero attached hydrogens (tertiary/aromatic N) is 5. The quantitative estimate of drug-likeness (QED) is 0.404. The molecule has 2 aromatic heterocycles. The maximum Gasteiger partial charge on any atom is 0.329 e. The summed E-state index contributed by atoms with van der Waals surface area (Å²) in [6, 6.07) is 14.3. The summed E-state index contributed by atoms with van der Waals surface area (Å²) in [6.45, 7) is 8.75. The SMILES string of the molecule is CCn1c(=O)n(CC)c2cc(-c3cn(CC(=O)NCCN(C)C)nc3-c3cccc(C)c3)ccc21. The fraction of sp³-hybridized carbons (Fsp3) is 0.370. The molecule has 0 saturated heterocycles. The number of benzene rings is 2. The van der Waals surface area contributed by atoms with Crippen molar-refractivity contribution in [2.45, 2.75) is 40.4 Å². The van der Waals surface area contributed by atoms with Gasteiger partial charge in [-0.2, -0.15) is 5.10 Å². The van der Waals surface area contributed by atoms with Crippen LogP contribution in [-0.4, -0.2) is 56.9 Å². The zero-order chi connectivity index (χ0) is 25.1. The van der Waals surface area contributed by atoms with E-state index in [-0.39, 0.29) is 18.1 Å². The second kappa shape index (κ2) is 10.3. The van der Waals surface area contributed by atoms with Crippen molar-refractivity contribution in [3.05, 3.63) is 64.7 Å². The first-order chi connectivity index (χ1) is 16.8. The average molecular weight is 475 g/mol. The summed E-state index contributed by atoms with van der Waals surface area (Å²) in [6.07, 6.45) is 1.93. The van der Waals surface area contributed by atoms with Gasteiger partial charge in [0.15, 0.2) is 0 Å². The van der Waals surface area contributed by atoms with E-state index in [2.05, 4.69) is 30.4 Å². The number of imidazole rings is 1. The Balaban J connectivity index is 1.77. The van der Waals surface area contributed by atoms with Crippen LogP contribution in [0.2, 0.25) is 0 Å². The highest BCUT2D eigenvalue weighted by Crippen LogP contribution is 2.33. The summed E-state index contributed by atoms with van der Waals surface area (Å²) < 4.78 is 5.30. The molecule has 184 valence electrons. The maximum atomic E-state index is 12.8. The van der Waals surface area contributed by atoms with E-state index in [9.17, 15) is 9.59 Å². The van der Waals surface area contributed by atoms with Gasteiger partial charge in [-0.25, -0.2) is 4.79 Å². The molecule has 0 atom stereocenters. The Morgan fingerprint density at radius 1 is 1.00 bits per heavy atom. The molecule has 0 unspecified atom stereocenters. The topological polar surface area (TPSA) is 77.1 Å². The van der Waals surface area contributed by atoms with Gasteiger partial charge >= 0.3 is 5.69 Å². The van der Waals surface area contributed by atoms with E-state index in [1.807, 2.05) is 63.3 Å². The minimum atomic E-state index is -0.0769. The number of rotatable bonds is 9. The van der Waals surface area contributed by atoms with Gasteiger partial charge in [0.1, 0.15) is 12.2 Å². The van der Waals surface area contributed by atoms with Crippen molar-refractivity contribution in [2.24, 2.45) is 0 Å². The van der Waals surface area contributed by atoms with Gasteiger partial charge in [0, 0.05) is 43.5 Å². The molecular formula is C27H34N6O2. The second-order valence-corrected chi connectivity index (χ2v) is 9.09. The Hall–Kier alpha value is -3.65. The number of hydrogen-bond donors (Lipinski definition) is 1. The highest BCUT2D eigenvalue weighted by atomic mass is 16.2. The van der Waals surface area contributed by atoms with Crippen LogP contribution in [0.3, 0.4) is 0 Å². The molecule has 0 bridgehead atoms. The van der Waals surface area contributed by atoms with E-state index in [0.29, 0.717) is 19.6 Å². The third-order valence-electron chi connectivity index (χ3n) is 6.20. The van der Waals surface area contributed by atoms with E-state index < -0.39 is 0 Å². The van der Waals surface area contributed by atoms with E-state index in [4.69, 9.17) is 5.10 Å². The Labute approximate surface area is 205 Å². The number of amides is 1. The molecule has 0 aliphatic heterocycles. The molecule has 35 heavy (non-hydrogen) atoms. The van der Waals surface area contributed by atoms with Gasteiger partial charge in [-0.1, -0.05) is 29.8 Å². The van der Waals surface area contributed by atoms with E-state index in [1.54, 1.807) is 13.8 Å². The summed E-state index contributed by atoms with van der Waals surface area (Å²) in [5.41, 5.74) is 6.67. The van der Waals surface area contributed by atoms with Gasteiger partial charge < -0.3 is 10.2 Å². The van der Waals surface area contributed by atoms with E-state index in [0.717, 1.165) is 45.5 Å². The van der Waals surface area contributed by atoms with Crippen molar-refractivity contribution in [3.63, 3.8) is 0 Å². The number of aromatic nitrogens is 4. The average Bonchev–Trinajstić information content (AvgIpc) is 3.35. The fourth-order valence-electron chi connectivity index (χ4n) is 4.44. The summed E-state index contributed by atoms with van der Waals surface area (Å²) in [5.74, 6) is -0.0769. The van der Waals surface area contributed by atoms with E-state index >= 15 is 0 Å². The van der Waals surface area contributed by atoms with Gasteiger partial charge in [-0.15, -0.1) is 0 Å². The lowest BCUT2D eigenvalue weighted by molar-refractivity contribution is -0.121. The van der Waals surface area contributed by atoms with Crippen molar-refractivity contribution in [1.82, 2.24) is 29.1 Å². The summed E-state index contributed by atoms with van der Waals surface area (Å²) in [4.78, 5) is 27.4. The van der Waals surface area contributed by atoms with Crippen LogP contribution in [0, 0.1) is 6.92 Å². The monoisotopic (exact) mass is 474 g/mol. The highest BCUT2D eigenvalue weighted by Gasteiger charge is 2.18. The van der Waals surface area contributed by atoms with Crippen LogP contribution in [0.1, 0.15) is 19.4 Å². The normalized spacial score (nSPS) is 11.5. The van der Waals surface area contributed by atoms with Crippen LogP contribution in [0.25, 0.3) is 33.4 Å². The first-order valence-corrected chi connectivity index (χ1v) is 12.1. The minimum absolute atomic E-state index is 0.00569. The third kappa shape index (κ3) is 5.07. The molecule has 2 heterocycles. The molecule has 8 nitrogen and oxygen atoms in total. The Kier molecular flexibility index (Phi) is 7.21. The zero-order valence-electron chi connectivity index (χ0n) is 21.2. The number of likely N-dealkylation sites (N-methyl/N-ethyl adjacent to an activating group) is 1. The first-order valence-electron chi connectivity index (χ1n) is 12.1. The lowest BCUT2D eigenvalue weighted by Gasteiger charge is -2.10. The van der Waals surface area contributed by atoms with Gasteiger partial charge in [0.05, 0.1) is 11.0 Å². The molecule has 4 rings (SSSR count). The molecule has 8 heteroatoms. The van der Waals surface area contributed by atoms with Crippen LogP contribution in [0.4, 0.5) is 0 Å². The first kappa shape index (κ1) is 24.5. The van der Waals surface area contributed by atoms with Crippen molar-refractivity contribution in [3.8, 4) is 22.4 Å². The van der Waals surface area contributed by atoms with Crippen LogP contribution in [0.5, 0.6) is 0 Å². The molecule has 4 aromatic rings. The molecule has 2 aromatic carbocycles. The molecule has 0 saturated carbocycles. The number of carbonyl (C=O) groups is 1. The van der Waals surface area contributed by atoms with Crippen molar-refractivity contribution < 1.29 is 4.79 Å². The molecule has 0 aliphatic rings. The molecule has 0 fully saturated rings.